The van der Waals surface area contributed by atoms with E-state index in [0.29, 0.717) is 17.4 Å². The molecule has 1 N–H and O–H groups in total. The molecule has 4 aliphatic carbocycles. The molecule has 0 spiro atoms. The zero-order chi connectivity index (χ0) is 21.1. The lowest BCUT2D eigenvalue weighted by molar-refractivity contribution is -0.116. The summed E-state index contributed by atoms with van der Waals surface area (Å²) in [5.41, 5.74) is 1.48. The first-order valence-electron chi connectivity index (χ1n) is 11.9. The Labute approximate surface area is 185 Å². The molecule has 5 heteroatoms. The zero-order valence-electron chi connectivity index (χ0n) is 19.1. The minimum absolute atomic E-state index is 0.0354. The molecule has 4 aliphatic rings. The first-order chi connectivity index (χ1) is 14.3. The maximum atomic E-state index is 11.9. The third-order valence-electron chi connectivity index (χ3n) is 9.91. The SMILES string of the molecule is CO[C@@H]1C=C2CC[C@H]3[C@H](CC[C@@]4(C)[C@H]3CC[C@@]4(O)CSc3nccn3C)[C@@]2(C)CC1. The second-order valence-electron chi connectivity index (χ2n) is 11.0. The first-order valence-corrected chi connectivity index (χ1v) is 12.9. The fourth-order valence-corrected chi connectivity index (χ4v) is 9.15. The van der Waals surface area contributed by atoms with Crippen molar-refractivity contribution in [3.8, 4) is 0 Å². The van der Waals surface area contributed by atoms with Gasteiger partial charge < -0.3 is 14.4 Å². The zero-order valence-corrected chi connectivity index (χ0v) is 19.9. The number of hydrogen-bond acceptors (Lipinski definition) is 4. The number of nitrogens with zero attached hydrogens (tertiary/aromatic N) is 2. The number of aliphatic hydroxyl groups is 1. The fourth-order valence-electron chi connectivity index (χ4n) is 7.90. The molecule has 0 amide bonds. The average Bonchev–Trinajstić information content (AvgIpc) is 3.26. The van der Waals surface area contributed by atoms with Gasteiger partial charge in [-0.05, 0) is 74.5 Å². The number of imidazole rings is 1. The number of allylic oxidation sites excluding steroid dienone is 1. The molecule has 0 aromatic carbocycles. The Hall–Kier alpha value is -0.780. The Balaban J connectivity index is 1.37. The minimum atomic E-state index is -0.579. The summed E-state index contributed by atoms with van der Waals surface area (Å²) in [6, 6.07) is 0. The highest BCUT2D eigenvalue weighted by molar-refractivity contribution is 7.99. The van der Waals surface area contributed by atoms with Gasteiger partial charge in [-0.15, -0.1) is 0 Å². The molecule has 3 saturated carbocycles. The summed E-state index contributed by atoms with van der Waals surface area (Å²) in [7, 11) is 3.89. The van der Waals surface area contributed by atoms with Gasteiger partial charge in [0.05, 0.1) is 11.7 Å². The molecule has 0 bridgehead atoms. The number of hydrogen-bond donors (Lipinski definition) is 1. The van der Waals surface area contributed by atoms with Crippen molar-refractivity contribution in [2.24, 2.45) is 35.6 Å². The lowest BCUT2D eigenvalue weighted by Gasteiger charge is -2.59. The Morgan fingerprint density at radius 3 is 2.70 bits per heavy atom. The van der Waals surface area contributed by atoms with Crippen LogP contribution in [0.5, 0.6) is 0 Å². The number of rotatable bonds is 4. The van der Waals surface area contributed by atoms with Crippen molar-refractivity contribution in [3.63, 3.8) is 0 Å². The highest BCUT2D eigenvalue weighted by Crippen LogP contribution is 2.68. The van der Waals surface area contributed by atoms with Crippen LogP contribution in [0.2, 0.25) is 0 Å². The molecule has 1 heterocycles. The third-order valence-corrected chi connectivity index (χ3v) is 11.2. The second kappa shape index (κ2) is 7.38. The van der Waals surface area contributed by atoms with Crippen LogP contribution in [0.1, 0.15) is 65.2 Å². The number of methoxy groups -OCH3 is 1. The Morgan fingerprint density at radius 1 is 1.17 bits per heavy atom. The van der Waals surface area contributed by atoms with Gasteiger partial charge in [-0.3, -0.25) is 0 Å². The number of thioether (sulfide) groups is 1. The Bertz CT molecular complexity index is 837. The topological polar surface area (TPSA) is 47.3 Å². The Kier molecular flexibility index (Phi) is 5.19. The van der Waals surface area contributed by atoms with Crippen LogP contribution in [0.15, 0.2) is 29.2 Å². The summed E-state index contributed by atoms with van der Waals surface area (Å²) in [5, 5.41) is 12.9. The van der Waals surface area contributed by atoms with Crippen LogP contribution >= 0.6 is 11.8 Å². The van der Waals surface area contributed by atoms with E-state index in [1.165, 1.54) is 32.1 Å². The van der Waals surface area contributed by atoms with E-state index in [2.05, 4.69) is 29.5 Å². The van der Waals surface area contributed by atoms with Gasteiger partial charge >= 0.3 is 0 Å². The fraction of sp³-hybridized carbons (Fsp3) is 0.800. The Morgan fingerprint density at radius 2 is 1.97 bits per heavy atom. The summed E-state index contributed by atoms with van der Waals surface area (Å²) < 4.78 is 7.74. The number of fused-ring (bicyclic) bond motifs is 5. The van der Waals surface area contributed by atoms with Gasteiger partial charge in [0.2, 0.25) is 0 Å². The van der Waals surface area contributed by atoms with Crippen LogP contribution in [-0.4, -0.2) is 39.2 Å². The van der Waals surface area contributed by atoms with E-state index in [1.807, 2.05) is 26.6 Å². The number of aromatic nitrogens is 2. The van der Waals surface area contributed by atoms with Crippen LogP contribution in [-0.2, 0) is 11.8 Å². The number of ether oxygens (including phenoxy) is 1. The summed E-state index contributed by atoms with van der Waals surface area (Å²) in [4.78, 5) is 4.47. The van der Waals surface area contributed by atoms with E-state index < -0.39 is 5.60 Å². The van der Waals surface area contributed by atoms with Crippen LogP contribution in [0.4, 0.5) is 0 Å². The monoisotopic (exact) mass is 430 g/mol. The molecule has 5 rings (SSSR count). The van der Waals surface area contributed by atoms with Gasteiger partial charge in [0.1, 0.15) is 0 Å². The molecule has 30 heavy (non-hydrogen) atoms. The van der Waals surface area contributed by atoms with E-state index in [-0.39, 0.29) is 5.41 Å². The van der Waals surface area contributed by atoms with Crippen molar-refractivity contribution in [1.82, 2.24) is 9.55 Å². The van der Waals surface area contributed by atoms with E-state index in [1.54, 1.807) is 17.3 Å². The van der Waals surface area contributed by atoms with Gasteiger partial charge in [0, 0.05) is 37.7 Å². The summed E-state index contributed by atoms with van der Waals surface area (Å²) in [6.45, 7) is 4.96. The smallest absolute Gasteiger partial charge is 0.167 e. The molecule has 7 atom stereocenters. The normalized spacial score (nSPS) is 45.4. The van der Waals surface area contributed by atoms with Gasteiger partial charge in [-0.25, -0.2) is 4.98 Å². The van der Waals surface area contributed by atoms with Crippen molar-refractivity contribution in [2.75, 3.05) is 12.9 Å². The first kappa shape index (κ1) is 21.1. The maximum Gasteiger partial charge on any atom is 0.167 e. The molecule has 1 aromatic rings. The van der Waals surface area contributed by atoms with E-state index in [9.17, 15) is 5.11 Å². The largest absolute Gasteiger partial charge is 0.388 e. The van der Waals surface area contributed by atoms with Crippen molar-refractivity contribution in [3.05, 3.63) is 24.0 Å². The average molecular weight is 431 g/mol. The maximum absolute atomic E-state index is 11.9. The van der Waals surface area contributed by atoms with Gasteiger partial charge in [-0.1, -0.05) is 37.3 Å². The molecular formula is C25H38N2O2S. The summed E-state index contributed by atoms with van der Waals surface area (Å²) in [5.74, 6) is 2.96. The van der Waals surface area contributed by atoms with Crippen molar-refractivity contribution >= 4 is 11.8 Å². The quantitative estimate of drug-likeness (QED) is 0.525. The molecular weight excluding hydrogens is 392 g/mol. The van der Waals surface area contributed by atoms with Crippen LogP contribution in [0.3, 0.4) is 0 Å². The molecule has 0 unspecified atom stereocenters. The van der Waals surface area contributed by atoms with E-state index in [0.717, 1.165) is 42.0 Å². The molecule has 166 valence electrons. The second-order valence-corrected chi connectivity index (χ2v) is 11.9. The molecule has 3 fully saturated rings. The van der Waals surface area contributed by atoms with Crippen molar-refractivity contribution < 1.29 is 9.84 Å². The van der Waals surface area contributed by atoms with Gasteiger partial charge in [0.25, 0.3) is 0 Å². The van der Waals surface area contributed by atoms with Crippen molar-refractivity contribution in [2.45, 2.75) is 82.1 Å². The lowest BCUT2D eigenvalue weighted by atomic mass is 9.46. The van der Waals surface area contributed by atoms with E-state index >= 15 is 0 Å². The van der Waals surface area contributed by atoms with E-state index in [4.69, 9.17) is 4.74 Å². The highest BCUT2D eigenvalue weighted by Gasteiger charge is 2.63. The summed E-state index contributed by atoms with van der Waals surface area (Å²) >= 11 is 1.73. The van der Waals surface area contributed by atoms with Gasteiger partial charge in [0.15, 0.2) is 5.16 Å². The predicted molar refractivity (Wildman–Crippen MR) is 121 cm³/mol. The molecule has 4 nitrogen and oxygen atoms in total. The lowest BCUT2D eigenvalue weighted by Crippen LogP contribution is -2.55. The third kappa shape index (κ3) is 2.98. The molecule has 0 radical (unpaired) electrons. The molecule has 0 aliphatic heterocycles. The predicted octanol–water partition coefficient (Wildman–Crippen LogP) is 5.22. The minimum Gasteiger partial charge on any atom is -0.388 e. The summed E-state index contributed by atoms with van der Waals surface area (Å²) in [6.07, 6.45) is 16.1. The number of aryl methyl sites for hydroxylation is 1. The van der Waals surface area contributed by atoms with Crippen LogP contribution < -0.4 is 0 Å². The standard InChI is InChI=1S/C25H38N2O2S/c1-23-10-7-18(29-4)15-17(23)5-6-19-20(23)8-11-24(2)21(19)9-12-25(24,28)16-30-22-26-13-14-27(22)3/h13-15,18-21,28H,5-12,16H2,1-4H3/t18-,19-,20-,21-,23-,24-,25+/m0/s1. The molecule has 0 saturated heterocycles. The molecule has 1 aromatic heterocycles. The van der Waals surface area contributed by atoms with Crippen LogP contribution in [0, 0.1) is 28.6 Å². The highest BCUT2D eigenvalue weighted by atomic mass is 32.2. The van der Waals surface area contributed by atoms with Crippen LogP contribution in [0.25, 0.3) is 0 Å². The van der Waals surface area contributed by atoms with Crippen molar-refractivity contribution in [1.29, 1.82) is 0 Å². The van der Waals surface area contributed by atoms with Gasteiger partial charge in [-0.2, -0.15) is 0 Å².